The molecule has 0 unspecified atom stereocenters. The maximum absolute atomic E-state index is 11.3. The smallest absolute Gasteiger partial charge is 0.337 e. The average molecular weight is 291 g/mol. The van der Waals surface area contributed by atoms with E-state index in [9.17, 15) is 14.7 Å². The second-order valence-electron chi connectivity index (χ2n) is 5.56. The zero-order valence-electron chi connectivity index (χ0n) is 12.1. The van der Waals surface area contributed by atoms with Crippen LogP contribution in [0.4, 0.5) is 11.4 Å². The Kier molecular flexibility index (Phi) is 4.35. The monoisotopic (exact) mass is 291 g/mol. The highest BCUT2D eigenvalue weighted by Crippen LogP contribution is 2.31. The molecule has 0 spiro atoms. The van der Waals surface area contributed by atoms with E-state index in [0.29, 0.717) is 11.3 Å². The van der Waals surface area contributed by atoms with Crippen LogP contribution in [0, 0.1) is 6.92 Å². The first-order valence-electron chi connectivity index (χ1n) is 7.08. The van der Waals surface area contributed by atoms with Crippen LogP contribution in [-0.2, 0) is 4.79 Å². The second-order valence-corrected chi connectivity index (χ2v) is 5.56. The fourth-order valence-corrected chi connectivity index (χ4v) is 2.94. The molecule has 1 saturated carbocycles. The minimum absolute atomic E-state index is 0.0671. The van der Waals surface area contributed by atoms with Crippen molar-refractivity contribution < 1.29 is 14.7 Å². The molecule has 1 aromatic rings. The average Bonchev–Trinajstić information content (AvgIpc) is 2.92. The molecule has 5 N–H and O–H groups in total. The Hall–Kier alpha value is -2.24. The van der Waals surface area contributed by atoms with E-state index in [2.05, 4.69) is 0 Å². The van der Waals surface area contributed by atoms with Crippen molar-refractivity contribution in [1.29, 1.82) is 0 Å². The van der Waals surface area contributed by atoms with Gasteiger partial charge in [-0.15, -0.1) is 0 Å². The Bertz CT molecular complexity index is 566. The quantitative estimate of drug-likeness (QED) is 0.712. The highest BCUT2D eigenvalue weighted by atomic mass is 16.4. The molecule has 0 aliphatic heterocycles. The molecule has 0 heterocycles. The molecule has 21 heavy (non-hydrogen) atoms. The highest BCUT2D eigenvalue weighted by Gasteiger charge is 2.25. The van der Waals surface area contributed by atoms with Crippen LogP contribution >= 0.6 is 0 Å². The molecule has 2 rings (SSSR count). The lowest BCUT2D eigenvalue weighted by Crippen LogP contribution is -2.40. The zero-order chi connectivity index (χ0) is 15.6. The molecule has 1 aliphatic carbocycles. The van der Waals surface area contributed by atoms with E-state index in [0.717, 1.165) is 25.7 Å². The molecule has 1 fully saturated rings. The molecular weight excluding hydrogens is 270 g/mol. The Morgan fingerprint density at radius 2 is 1.95 bits per heavy atom. The van der Waals surface area contributed by atoms with E-state index in [1.54, 1.807) is 6.92 Å². The van der Waals surface area contributed by atoms with Crippen LogP contribution in [0.3, 0.4) is 0 Å². The van der Waals surface area contributed by atoms with Gasteiger partial charge in [0.05, 0.1) is 12.1 Å². The molecule has 114 valence electrons. The standard InChI is InChI=1S/C15H21N3O3/c1-9-6-11(7-12(14(9)17)15(20)21)18(8-13(16)19)10-4-2-3-5-10/h6-7,10H,2-5,8,17H2,1H3,(H2,16,19)(H,20,21). The third-order valence-electron chi connectivity index (χ3n) is 4.03. The highest BCUT2D eigenvalue weighted by molar-refractivity contribution is 5.96. The predicted molar refractivity (Wildman–Crippen MR) is 81.3 cm³/mol. The van der Waals surface area contributed by atoms with Gasteiger partial charge in [0.1, 0.15) is 0 Å². The molecule has 1 aliphatic rings. The lowest BCUT2D eigenvalue weighted by atomic mass is 10.0. The molecule has 0 saturated heterocycles. The molecule has 6 heteroatoms. The van der Waals surface area contributed by atoms with Gasteiger partial charge in [-0.05, 0) is 37.5 Å². The van der Waals surface area contributed by atoms with Crippen LogP contribution < -0.4 is 16.4 Å². The van der Waals surface area contributed by atoms with Gasteiger partial charge in [-0.1, -0.05) is 12.8 Å². The number of nitrogens with two attached hydrogens (primary N) is 2. The number of aryl methyl sites for hydroxylation is 1. The van der Waals surface area contributed by atoms with E-state index < -0.39 is 11.9 Å². The molecular formula is C15H21N3O3. The summed E-state index contributed by atoms with van der Waals surface area (Å²) in [7, 11) is 0. The molecule has 0 atom stereocenters. The normalized spacial score (nSPS) is 15.1. The number of anilines is 2. The topological polar surface area (TPSA) is 110 Å². The minimum Gasteiger partial charge on any atom is -0.478 e. The predicted octanol–water partition coefficient (Wildman–Crippen LogP) is 1.51. The van der Waals surface area contributed by atoms with Crippen LogP contribution in [0.25, 0.3) is 0 Å². The number of hydrogen-bond donors (Lipinski definition) is 3. The van der Waals surface area contributed by atoms with Crippen molar-refractivity contribution in [3.05, 3.63) is 23.3 Å². The summed E-state index contributed by atoms with van der Waals surface area (Å²) in [5.74, 6) is -1.49. The number of carboxylic acid groups (broad SMARTS) is 1. The number of nitrogens with zero attached hydrogens (tertiary/aromatic N) is 1. The number of rotatable bonds is 5. The number of carbonyl (C=O) groups excluding carboxylic acids is 1. The Morgan fingerprint density at radius 1 is 1.33 bits per heavy atom. The van der Waals surface area contributed by atoms with E-state index >= 15 is 0 Å². The Morgan fingerprint density at radius 3 is 2.48 bits per heavy atom. The van der Waals surface area contributed by atoms with Gasteiger partial charge >= 0.3 is 5.97 Å². The largest absolute Gasteiger partial charge is 0.478 e. The summed E-state index contributed by atoms with van der Waals surface area (Å²) in [6.07, 6.45) is 4.19. The van der Waals surface area contributed by atoms with Crippen LogP contribution in [0.15, 0.2) is 12.1 Å². The fourth-order valence-electron chi connectivity index (χ4n) is 2.94. The van der Waals surface area contributed by atoms with Gasteiger partial charge in [-0.3, -0.25) is 4.79 Å². The summed E-state index contributed by atoms with van der Waals surface area (Å²) >= 11 is 0. The maximum Gasteiger partial charge on any atom is 0.337 e. The number of amides is 1. The van der Waals surface area contributed by atoms with E-state index in [1.807, 2.05) is 11.0 Å². The Balaban J connectivity index is 2.43. The summed E-state index contributed by atoms with van der Waals surface area (Å²) in [4.78, 5) is 24.6. The number of nitrogen functional groups attached to an aromatic ring is 1. The minimum atomic E-state index is -1.07. The fraction of sp³-hybridized carbons (Fsp3) is 0.467. The van der Waals surface area contributed by atoms with Gasteiger partial charge in [0.25, 0.3) is 0 Å². The molecule has 1 aromatic carbocycles. The number of carboxylic acids is 1. The molecule has 0 radical (unpaired) electrons. The first kappa shape index (κ1) is 15.2. The number of primary amides is 1. The maximum atomic E-state index is 11.3. The summed E-state index contributed by atoms with van der Waals surface area (Å²) in [6, 6.07) is 3.58. The molecule has 1 amide bonds. The molecule has 6 nitrogen and oxygen atoms in total. The molecule has 0 bridgehead atoms. The Labute approximate surface area is 123 Å². The third-order valence-corrected chi connectivity index (χ3v) is 4.03. The van der Waals surface area contributed by atoms with Crippen molar-refractivity contribution in [2.24, 2.45) is 5.73 Å². The zero-order valence-corrected chi connectivity index (χ0v) is 12.1. The summed E-state index contributed by atoms with van der Waals surface area (Å²) in [5.41, 5.74) is 12.9. The van der Waals surface area contributed by atoms with E-state index in [-0.39, 0.29) is 23.8 Å². The lowest BCUT2D eigenvalue weighted by molar-refractivity contribution is -0.116. The van der Waals surface area contributed by atoms with Crippen molar-refractivity contribution in [3.8, 4) is 0 Å². The number of hydrogen-bond acceptors (Lipinski definition) is 4. The first-order valence-corrected chi connectivity index (χ1v) is 7.08. The van der Waals surface area contributed by atoms with Crippen LogP contribution in [-0.4, -0.2) is 29.6 Å². The first-order chi connectivity index (χ1) is 9.90. The van der Waals surface area contributed by atoms with Gasteiger partial charge in [0.2, 0.25) is 5.91 Å². The third kappa shape index (κ3) is 3.26. The SMILES string of the molecule is Cc1cc(N(CC(N)=O)C2CCCC2)cc(C(=O)O)c1N. The van der Waals surface area contributed by atoms with Gasteiger partial charge in [-0.25, -0.2) is 4.79 Å². The van der Waals surface area contributed by atoms with Crippen molar-refractivity contribution >= 4 is 23.3 Å². The lowest BCUT2D eigenvalue weighted by Gasteiger charge is -2.30. The van der Waals surface area contributed by atoms with Crippen molar-refractivity contribution in [3.63, 3.8) is 0 Å². The summed E-state index contributed by atoms with van der Waals surface area (Å²) < 4.78 is 0. The van der Waals surface area contributed by atoms with Crippen molar-refractivity contribution in [2.75, 3.05) is 17.2 Å². The van der Waals surface area contributed by atoms with Crippen LogP contribution in [0.2, 0.25) is 0 Å². The van der Waals surface area contributed by atoms with E-state index in [1.165, 1.54) is 6.07 Å². The van der Waals surface area contributed by atoms with Gasteiger partial charge in [0, 0.05) is 17.4 Å². The number of carbonyl (C=O) groups is 2. The van der Waals surface area contributed by atoms with Gasteiger partial charge in [0.15, 0.2) is 0 Å². The van der Waals surface area contributed by atoms with Crippen molar-refractivity contribution in [2.45, 2.75) is 38.6 Å². The van der Waals surface area contributed by atoms with Gasteiger partial charge in [-0.2, -0.15) is 0 Å². The van der Waals surface area contributed by atoms with Crippen LogP contribution in [0.1, 0.15) is 41.6 Å². The number of benzene rings is 1. The van der Waals surface area contributed by atoms with Crippen LogP contribution in [0.5, 0.6) is 0 Å². The summed E-state index contributed by atoms with van der Waals surface area (Å²) in [6.45, 7) is 1.86. The van der Waals surface area contributed by atoms with E-state index in [4.69, 9.17) is 11.5 Å². The van der Waals surface area contributed by atoms with Gasteiger partial charge < -0.3 is 21.5 Å². The molecule has 0 aromatic heterocycles. The van der Waals surface area contributed by atoms with Crippen molar-refractivity contribution in [1.82, 2.24) is 0 Å². The summed E-state index contributed by atoms with van der Waals surface area (Å²) in [5, 5.41) is 9.25. The number of aromatic carboxylic acids is 1. The second kappa shape index (κ2) is 6.03.